The van der Waals surface area contributed by atoms with Crippen LogP contribution in [0.25, 0.3) is 0 Å². The molecule has 1 rings (SSSR count). The molecule has 0 aliphatic carbocycles. The maximum atomic E-state index is 11.3. The smallest absolute Gasteiger partial charge is 0.335 e. The van der Waals surface area contributed by atoms with E-state index in [0.717, 1.165) is 5.56 Å². The summed E-state index contributed by atoms with van der Waals surface area (Å²) in [5.41, 5.74) is 0.769. The Morgan fingerprint density at radius 3 is 2.38 bits per heavy atom. The predicted octanol–water partition coefficient (Wildman–Crippen LogP) is 1.25. The number of phenols is 1. The second-order valence-electron chi connectivity index (χ2n) is 3.87. The Morgan fingerprint density at radius 2 is 1.88 bits per heavy atom. The van der Waals surface area contributed by atoms with Gasteiger partial charge in [-0.25, -0.2) is 4.79 Å². The lowest BCUT2D eigenvalue weighted by Gasteiger charge is -2.12. The van der Waals surface area contributed by atoms with E-state index in [4.69, 9.17) is 9.84 Å². The van der Waals surface area contributed by atoms with Crippen LogP contribution in [0.1, 0.15) is 19.4 Å². The topological polar surface area (TPSA) is 66.8 Å². The highest BCUT2D eigenvalue weighted by Crippen LogP contribution is 2.11. The molecule has 0 heterocycles. The van der Waals surface area contributed by atoms with E-state index in [2.05, 4.69) is 0 Å². The van der Waals surface area contributed by atoms with E-state index < -0.39 is 12.1 Å². The summed E-state index contributed by atoms with van der Waals surface area (Å²) >= 11 is 0. The van der Waals surface area contributed by atoms with Gasteiger partial charge in [0.05, 0.1) is 6.10 Å². The van der Waals surface area contributed by atoms with Crippen LogP contribution in [0.15, 0.2) is 24.3 Å². The predicted molar refractivity (Wildman–Crippen MR) is 59.0 cm³/mol. The molecule has 4 heteroatoms. The average Bonchev–Trinajstić information content (AvgIpc) is 2.20. The third-order valence-corrected chi connectivity index (χ3v) is 1.99. The Labute approximate surface area is 94.5 Å². The maximum Gasteiger partial charge on any atom is 0.335 e. The molecule has 88 valence electrons. The van der Waals surface area contributed by atoms with Gasteiger partial charge < -0.3 is 14.9 Å². The number of aliphatic hydroxyl groups excluding tert-OH is 1. The second-order valence-corrected chi connectivity index (χ2v) is 3.87. The molecule has 0 fully saturated rings. The molecule has 0 aliphatic rings. The van der Waals surface area contributed by atoms with Gasteiger partial charge in [-0.3, -0.25) is 0 Å². The van der Waals surface area contributed by atoms with Crippen LogP contribution in [-0.2, 0) is 16.0 Å². The molecule has 1 aromatic rings. The van der Waals surface area contributed by atoms with Gasteiger partial charge in [0, 0.05) is 6.42 Å². The fraction of sp³-hybridized carbons (Fsp3) is 0.417. The number of hydrogen-bond acceptors (Lipinski definition) is 4. The molecule has 0 saturated heterocycles. The van der Waals surface area contributed by atoms with E-state index in [9.17, 15) is 9.90 Å². The highest BCUT2D eigenvalue weighted by molar-refractivity contribution is 5.74. The zero-order chi connectivity index (χ0) is 12.1. The molecule has 0 spiro atoms. The summed E-state index contributed by atoms with van der Waals surface area (Å²) in [6.07, 6.45) is -1.21. The molecular formula is C12H16O4. The molecule has 1 unspecified atom stereocenters. The van der Waals surface area contributed by atoms with Crippen molar-refractivity contribution in [2.75, 3.05) is 0 Å². The number of carbonyl (C=O) groups excluding carboxylic acids is 1. The molecule has 4 nitrogen and oxygen atoms in total. The van der Waals surface area contributed by atoms with E-state index in [1.54, 1.807) is 26.0 Å². The van der Waals surface area contributed by atoms with E-state index in [-0.39, 0.29) is 18.3 Å². The van der Waals surface area contributed by atoms with Crippen molar-refractivity contribution in [1.82, 2.24) is 0 Å². The van der Waals surface area contributed by atoms with Gasteiger partial charge in [-0.15, -0.1) is 0 Å². The first-order valence-corrected chi connectivity index (χ1v) is 5.15. The van der Waals surface area contributed by atoms with Gasteiger partial charge >= 0.3 is 5.97 Å². The molecule has 0 radical (unpaired) electrons. The normalized spacial score (nSPS) is 12.5. The van der Waals surface area contributed by atoms with E-state index in [0.29, 0.717) is 0 Å². The summed E-state index contributed by atoms with van der Waals surface area (Å²) in [4.78, 5) is 11.3. The van der Waals surface area contributed by atoms with E-state index in [1.165, 1.54) is 12.1 Å². The van der Waals surface area contributed by atoms with E-state index >= 15 is 0 Å². The van der Waals surface area contributed by atoms with E-state index in [1.807, 2.05) is 0 Å². The van der Waals surface area contributed by atoms with Crippen molar-refractivity contribution in [2.45, 2.75) is 32.5 Å². The number of esters is 1. The monoisotopic (exact) mass is 224 g/mol. The minimum atomic E-state index is -1.16. The Bertz CT molecular complexity index is 343. The van der Waals surface area contributed by atoms with Crippen LogP contribution < -0.4 is 0 Å². The van der Waals surface area contributed by atoms with Gasteiger partial charge in [-0.1, -0.05) is 12.1 Å². The molecular weight excluding hydrogens is 208 g/mol. The summed E-state index contributed by atoms with van der Waals surface area (Å²) < 4.78 is 4.87. The first kappa shape index (κ1) is 12.5. The first-order chi connectivity index (χ1) is 7.49. The fourth-order valence-corrected chi connectivity index (χ4v) is 1.25. The lowest BCUT2D eigenvalue weighted by Crippen LogP contribution is -2.27. The van der Waals surface area contributed by atoms with Crippen LogP contribution in [0.3, 0.4) is 0 Å². The zero-order valence-electron chi connectivity index (χ0n) is 9.38. The molecule has 0 aromatic heterocycles. The van der Waals surface area contributed by atoms with Crippen molar-refractivity contribution < 1.29 is 19.7 Å². The van der Waals surface area contributed by atoms with Gasteiger partial charge in [0.2, 0.25) is 0 Å². The average molecular weight is 224 g/mol. The van der Waals surface area contributed by atoms with Crippen LogP contribution in [0.4, 0.5) is 0 Å². The van der Waals surface area contributed by atoms with Crippen molar-refractivity contribution >= 4 is 5.97 Å². The molecule has 2 N–H and O–H groups in total. The second kappa shape index (κ2) is 5.51. The number of hydrogen-bond donors (Lipinski definition) is 2. The lowest BCUT2D eigenvalue weighted by atomic mass is 10.1. The zero-order valence-corrected chi connectivity index (χ0v) is 9.38. The van der Waals surface area contributed by atoms with Gasteiger partial charge in [-0.05, 0) is 31.5 Å². The number of rotatable bonds is 4. The summed E-state index contributed by atoms with van der Waals surface area (Å²) in [7, 11) is 0. The quantitative estimate of drug-likeness (QED) is 0.755. The van der Waals surface area contributed by atoms with Crippen molar-refractivity contribution in [3.05, 3.63) is 29.8 Å². The highest BCUT2D eigenvalue weighted by atomic mass is 16.6. The van der Waals surface area contributed by atoms with Gasteiger partial charge in [0.25, 0.3) is 0 Å². The number of carbonyl (C=O) groups is 1. The van der Waals surface area contributed by atoms with Crippen LogP contribution in [0, 0.1) is 0 Å². The van der Waals surface area contributed by atoms with Crippen LogP contribution in [-0.4, -0.2) is 28.4 Å². The van der Waals surface area contributed by atoms with Crippen molar-refractivity contribution in [3.8, 4) is 5.75 Å². The van der Waals surface area contributed by atoms with Crippen molar-refractivity contribution in [2.24, 2.45) is 0 Å². The standard InChI is InChI=1S/C12H16O4/c1-8(2)16-12(15)11(14)7-9-3-5-10(13)6-4-9/h3-6,8,11,13-14H,7H2,1-2H3. The van der Waals surface area contributed by atoms with Gasteiger partial charge in [0.1, 0.15) is 5.75 Å². The third kappa shape index (κ3) is 3.90. The maximum absolute atomic E-state index is 11.3. The van der Waals surface area contributed by atoms with Crippen LogP contribution in [0.2, 0.25) is 0 Å². The van der Waals surface area contributed by atoms with Crippen LogP contribution >= 0.6 is 0 Å². The lowest BCUT2D eigenvalue weighted by molar-refractivity contribution is -0.157. The number of phenolic OH excluding ortho intramolecular Hbond substituents is 1. The summed E-state index contributed by atoms with van der Waals surface area (Å²) in [6.45, 7) is 3.45. The molecule has 0 aliphatic heterocycles. The molecule has 1 atom stereocenters. The van der Waals surface area contributed by atoms with Gasteiger partial charge in [0.15, 0.2) is 6.10 Å². The van der Waals surface area contributed by atoms with Crippen LogP contribution in [0.5, 0.6) is 5.75 Å². The SMILES string of the molecule is CC(C)OC(=O)C(O)Cc1ccc(O)cc1. The molecule has 16 heavy (non-hydrogen) atoms. The molecule has 0 bridgehead atoms. The number of aromatic hydroxyl groups is 1. The Morgan fingerprint density at radius 1 is 1.31 bits per heavy atom. The minimum Gasteiger partial charge on any atom is -0.508 e. The molecule has 1 aromatic carbocycles. The summed E-state index contributed by atoms with van der Waals surface area (Å²) in [6, 6.07) is 6.33. The number of ether oxygens (including phenoxy) is 1. The fourth-order valence-electron chi connectivity index (χ4n) is 1.25. The Balaban J connectivity index is 2.53. The highest BCUT2D eigenvalue weighted by Gasteiger charge is 2.18. The number of benzene rings is 1. The summed E-state index contributed by atoms with van der Waals surface area (Å²) in [5, 5.41) is 18.6. The minimum absolute atomic E-state index is 0.156. The summed E-state index contributed by atoms with van der Waals surface area (Å²) in [5.74, 6) is -0.467. The first-order valence-electron chi connectivity index (χ1n) is 5.15. The largest absolute Gasteiger partial charge is 0.508 e. The van der Waals surface area contributed by atoms with Gasteiger partial charge in [-0.2, -0.15) is 0 Å². The van der Waals surface area contributed by atoms with Crippen molar-refractivity contribution in [3.63, 3.8) is 0 Å². The Kier molecular flexibility index (Phi) is 4.31. The molecule has 0 amide bonds. The Hall–Kier alpha value is -1.55. The number of aliphatic hydroxyl groups is 1. The molecule has 0 saturated carbocycles. The van der Waals surface area contributed by atoms with Crippen molar-refractivity contribution in [1.29, 1.82) is 0 Å². The third-order valence-electron chi connectivity index (χ3n) is 1.99.